The first kappa shape index (κ1) is 13.4. The van der Waals surface area contributed by atoms with E-state index in [4.69, 9.17) is 11.6 Å². The molecule has 0 amide bonds. The molecule has 4 nitrogen and oxygen atoms in total. The predicted octanol–water partition coefficient (Wildman–Crippen LogP) is 4.55. The summed E-state index contributed by atoms with van der Waals surface area (Å²) in [7, 11) is 0. The van der Waals surface area contributed by atoms with Gasteiger partial charge in [-0.1, -0.05) is 11.6 Å². The third kappa shape index (κ3) is 3.12. The fraction of sp³-hybridized carbons (Fsp3) is 0. The lowest BCUT2D eigenvalue weighted by Crippen LogP contribution is -1.92. The lowest BCUT2D eigenvalue weighted by molar-refractivity contribution is 0.628. The molecule has 0 aliphatic carbocycles. The van der Waals surface area contributed by atoms with Gasteiger partial charge in [-0.25, -0.2) is 9.49 Å². The number of hydrogen-bond donors (Lipinski definition) is 2. The van der Waals surface area contributed by atoms with E-state index in [1.54, 1.807) is 12.1 Å². The molecule has 0 bridgehead atoms. The smallest absolute Gasteiger partial charge is 0.223 e. The van der Waals surface area contributed by atoms with Gasteiger partial charge in [-0.15, -0.1) is 16.4 Å². The van der Waals surface area contributed by atoms with E-state index in [9.17, 15) is 4.39 Å². The third-order valence-electron chi connectivity index (χ3n) is 2.34. The monoisotopic (exact) mass is 326 g/mol. The highest BCUT2D eigenvalue weighted by Gasteiger charge is 2.09. The van der Waals surface area contributed by atoms with Crippen molar-refractivity contribution < 1.29 is 4.39 Å². The molecule has 0 saturated heterocycles. The van der Waals surface area contributed by atoms with Crippen LogP contribution in [0.25, 0.3) is 0 Å². The number of aromatic nitrogens is 3. The second-order valence-electron chi connectivity index (χ2n) is 3.76. The lowest BCUT2D eigenvalue weighted by atomic mass is 10.3. The van der Waals surface area contributed by atoms with Crippen LogP contribution in [0.2, 0.25) is 5.02 Å². The molecule has 0 aliphatic heterocycles. The molecule has 102 valence electrons. The Kier molecular flexibility index (Phi) is 3.90. The van der Waals surface area contributed by atoms with E-state index < -0.39 is 0 Å². The Morgan fingerprint density at radius 2 is 2.05 bits per heavy atom. The van der Waals surface area contributed by atoms with Crippen molar-refractivity contribution in [3.05, 3.63) is 46.6 Å². The first-order valence-corrected chi connectivity index (χ1v) is 7.64. The summed E-state index contributed by atoms with van der Waals surface area (Å²) in [5, 5.41) is 13.0. The highest BCUT2D eigenvalue weighted by Crippen LogP contribution is 2.36. The molecule has 20 heavy (non-hydrogen) atoms. The minimum Gasteiger partial charge on any atom is -0.325 e. The number of anilines is 2. The van der Waals surface area contributed by atoms with Gasteiger partial charge >= 0.3 is 0 Å². The maximum atomic E-state index is 12.8. The molecule has 2 N–H and O–H groups in total. The van der Waals surface area contributed by atoms with Crippen LogP contribution in [0, 0.1) is 5.82 Å². The largest absolute Gasteiger partial charge is 0.325 e. The molecule has 8 heteroatoms. The highest BCUT2D eigenvalue weighted by molar-refractivity contribution is 8.01. The number of aromatic amines is 1. The molecular weight excluding hydrogens is 319 g/mol. The standard InChI is InChI=1S/C12H8ClFN4S2/c13-9-5-6-19-10(9)20-12-16-11(17-18-12)15-8-3-1-7(14)2-4-8/h1-6H,(H2,15,16,17,18). The van der Waals surface area contributed by atoms with E-state index in [1.807, 2.05) is 11.4 Å². The Bertz CT molecular complexity index is 710. The van der Waals surface area contributed by atoms with Crippen molar-refractivity contribution in [2.45, 2.75) is 9.37 Å². The molecule has 0 spiro atoms. The molecule has 0 radical (unpaired) electrons. The normalized spacial score (nSPS) is 10.7. The number of nitrogens with zero attached hydrogens (tertiary/aromatic N) is 2. The lowest BCUT2D eigenvalue weighted by Gasteiger charge is -2.00. The van der Waals surface area contributed by atoms with Crippen LogP contribution in [-0.2, 0) is 0 Å². The quantitative estimate of drug-likeness (QED) is 0.738. The summed E-state index contributed by atoms with van der Waals surface area (Å²) in [6.45, 7) is 0. The number of thiophene rings is 1. The second-order valence-corrected chi connectivity index (χ2v) is 6.32. The fourth-order valence-electron chi connectivity index (χ4n) is 1.45. The summed E-state index contributed by atoms with van der Waals surface area (Å²) >= 11 is 8.94. The molecule has 0 fully saturated rings. The van der Waals surface area contributed by atoms with Gasteiger partial charge in [0.2, 0.25) is 11.1 Å². The highest BCUT2D eigenvalue weighted by atomic mass is 35.5. The molecule has 2 heterocycles. The van der Waals surface area contributed by atoms with Crippen LogP contribution in [0.1, 0.15) is 0 Å². The number of nitrogens with one attached hydrogen (secondary N) is 2. The Morgan fingerprint density at radius 3 is 2.75 bits per heavy atom. The SMILES string of the molecule is Fc1ccc(Nc2nc(Sc3sccc3Cl)n[nH]2)cc1. The summed E-state index contributed by atoms with van der Waals surface area (Å²) in [4.78, 5) is 4.28. The fourth-order valence-corrected chi connectivity index (χ4v) is 3.49. The molecule has 0 aliphatic rings. The Hall–Kier alpha value is -1.57. The van der Waals surface area contributed by atoms with E-state index in [-0.39, 0.29) is 5.82 Å². The zero-order valence-corrected chi connectivity index (χ0v) is 12.3. The van der Waals surface area contributed by atoms with Gasteiger partial charge in [0.1, 0.15) is 5.82 Å². The van der Waals surface area contributed by atoms with E-state index in [0.29, 0.717) is 16.1 Å². The topological polar surface area (TPSA) is 53.6 Å². The molecule has 0 atom stereocenters. The summed E-state index contributed by atoms with van der Waals surface area (Å²) in [5.74, 6) is 0.212. The average Bonchev–Trinajstić information content (AvgIpc) is 3.03. The second kappa shape index (κ2) is 5.82. The van der Waals surface area contributed by atoms with E-state index >= 15 is 0 Å². The number of halogens is 2. The van der Waals surface area contributed by atoms with Gasteiger partial charge in [0.05, 0.1) is 9.23 Å². The maximum absolute atomic E-state index is 12.8. The van der Waals surface area contributed by atoms with Crippen LogP contribution in [0.4, 0.5) is 16.0 Å². The minimum atomic E-state index is -0.281. The summed E-state index contributed by atoms with van der Waals surface area (Å²) < 4.78 is 13.7. The van der Waals surface area contributed by atoms with Crippen molar-refractivity contribution in [1.29, 1.82) is 0 Å². The number of benzene rings is 1. The third-order valence-corrected chi connectivity index (χ3v) is 4.89. The molecule has 0 unspecified atom stereocenters. The zero-order chi connectivity index (χ0) is 13.9. The summed E-state index contributed by atoms with van der Waals surface area (Å²) in [5.41, 5.74) is 0.730. The Balaban J connectivity index is 1.70. The van der Waals surface area contributed by atoms with Crippen LogP contribution in [0.5, 0.6) is 0 Å². The van der Waals surface area contributed by atoms with Crippen molar-refractivity contribution in [1.82, 2.24) is 15.2 Å². The minimum absolute atomic E-state index is 0.281. The van der Waals surface area contributed by atoms with Crippen LogP contribution in [-0.4, -0.2) is 15.2 Å². The maximum Gasteiger partial charge on any atom is 0.223 e. The van der Waals surface area contributed by atoms with Crippen molar-refractivity contribution in [2.75, 3.05) is 5.32 Å². The first-order chi connectivity index (χ1) is 9.70. The Labute approximate surface area is 127 Å². The zero-order valence-electron chi connectivity index (χ0n) is 9.93. The van der Waals surface area contributed by atoms with E-state index in [0.717, 1.165) is 9.90 Å². The number of H-pyrrole nitrogens is 1. The van der Waals surface area contributed by atoms with Gasteiger partial charge in [0, 0.05) is 5.69 Å². The van der Waals surface area contributed by atoms with Crippen LogP contribution < -0.4 is 5.32 Å². The van der Waals surface area contributed by atoms with Crippen LogP contribution in [0.3, 0.4) is 0 Å². The molecule has 0 saturated carbocycles. The van der Waals surface area contributed by atoms with Gasteiger partial charge in [-0.05, 0) is 47.5 Å². The van der Waals surface area contributed by atoms with Crippen molar-refractivity contribution in [2.24, 2.45) is 0 Å². The number of rotatable bonds is 4. The van der Waals surface area contributed by atoms with Gasteiger partial charge in [0.25, 0.3) is 0 Å². The number of hydrogen-bond acceptors (Lipinski definition) is 5. The van der Waals surface area contributed by atoms with E-state index in [2.05, 4.69) is 20.5 Å². The molecule has 2 aromatic heterocycles. The molecule has 3 aromatic rings. The summed E-state index contributed by atoms with van der Waals surface area (Å²) in [6.07, 6.45) is 0. The summed E-state index contributed by atoms with van der Waals surface area (Å²) in [6, 6.07) is 7.83. The average molecular weight is 327 g/mol. The van der Waals surface area contributed by atoms with Gasteiger partial charge < -0.3 is 5.32 Å². The molecule has 3 rings (SSSR count). The van der Waals surface area contributed by atoms with Crippen molar-refractivity contribution in [3.8, 4) is 0 Å². The van der Waals surface area contributed by atoms with Crippen molar-refractivity contribution in [3.63, 3.8) is 0 Å². The van der Waals surface area contributed by atoms with Crippen LogP contribution >= 0.6 is 34.7 Å². The molecule has 1 aromatic carbocycles. The van der Waals surface area contributed by atoms with Gasteiger partial charge in [-0.2, -0.15) is 4.98 Å². The molecular formula is C12H8ClFN4S2. The van der Waals surface area contributed by atoms with E-state index in [1.165, 1.54) is 35.2 Å². The first-order valence-electron chi connectivity index (χ1n) is 5.56. The van der Waals surface area contributed by atoms with Gasteiger partial charge in [-0.3, -0.25) is 0 Å². The predicted molar refractivity (Wildman–Crippen MR) is 79.5 cm³/mol. The van der Waals surface area contributed by atoms with Crippen molar-refractivity contribution >= 4 is 46.3 Å². The van der Waals surface area contributed by atoms with Gasteiger partial charge in [0.15, 0.2) is 0 Å². The Morgan fingerprint density at radius 1 is 1.25 bits per heavy atom. The van der Waals surface area contributed by atoms with Crippen LogP contribution in [0.15, 0.2) is 45.1 Å².